The number of piperidine rings is 3. The number of aromatic nitrogens is 3. The number of carbonyl (C=O) groups excluding carboxylic acids is 6. The second-order valence-electron chi connectivity index (χ2n) is 30.3. The van der Waals surface area contributed by atoms with E-state index in [1.165, 1.54) is 65.5 Å². The fourth-order valence-corrected chi connectivity index (χ4v) is 20.8. The number of ether oxygens (including phenoxy) is 6. The van der Waals surface area contributed by atoms with Crippen LogP contribution in [0.25, 0.3) is 33.2 Å². The summed E-state index contributed by atoms with van der Waals surface area (Å²) in [5.41, 5.74) is -0.766. The number of hydrogen-bond acceptors (Lipinski definition) is 20. The molecule has 2 bridgehead atoms. The molecule has 24 heteroatoms. The van der Waals surface area contributed by atoms with Gasteiger partial charge in [0, 0.05) is 114 Å². The van der Waals surface area contributed by atoms with E-state index in [0.29, 0.717) is 160 Å². The normalized spacial score (nSPS) is 30.5. The Labute approximate surface area is 598 Å². The van der Waals surface area contributed by atoms with Crippen LogP contribution >= 0.6 is 0 Å². The average Bonchev–Trinajstić information content (AvgIpc) is 1.53. The molecule has 9 aliphatic heterocycles. The van der Waals surface area contributed by atoms with E-state index in [1.807, 2.05) is 67.3 Å². The van der Waals surface area contributed by atoms with Gasteiger partial charge in [-0.3, -0.25) is 29.0 Å². The number of aliphatic hydroxyl groups is 3. The zero-order valence-corrected chi connectivity index (χ0v) is 60.1. The third-order valence-electron chi connectivity index (χ3n) is 25.5. The highest BCUT2D eigenvalue weighted by atomic mass is 16.6. The summed E-state index contributed by atoms with van der Waals surface area (Å²) in [5.74, 6) is -2.33. The minimum absolute atomic E-state index is 0.0951. The number of rotatable bonds is 12. The molecule has 103 heavy (non-hydrogen) atoms. The molecular weight excluding hydrogens is 1320 g/mol. The minimum Gasteiger partial charge on any atom is -0.496 e. The Morgan fingerprint density at radius 1 is 0.786 bits per heavy atom. The zero-order chi connectivity index (χ0) is 72.4. The van der Waals surface area contributed by atoms with Gasteiger partial charge in [0.05, 0.1) is 67.7 Å². The molecule has 0 radical (unpaired) electrons. The molecular formula is C79H94N8O16. The van der Waals surface area contributed by atoms with Gasteiger partial charge in [-0.1, -0.05) is 64.5 Å². The molecule has 16 rings (SSSR count). The number of likely N-dealkylation sites (tertiary alicyclic amines) is 2. The first-order valence-corrected chi connectivity index (χ1v) is 36.9. The quantitative estimate of drug-likeness (QED) is 0.0396. The van der Waals surface area contributed by atoms with E-state index >= 15 is 4.79 Å². The lowest BCUT2D eigenvalue weighted by atomic mass is 9.47. The molecule has 4 saturated heterocycles. The highest BCUT2D eigenvalue weighted by Gasteiger charge is 2.81. The number of nitrogens with one attached hydrogen (secondary N) is 1. The standard InChI is InChI=1S/C46H56N4O10.C33H38N4O6/c1-7-42(55)22-28-23-45(40(53)58-5,36-30(14-18-48(24-28)25-42)29-12-9-10-13-33(29)47-36)32-20-31-34(21-35(32)57-4)50(26-51)38-44(31)16-19-49-17-11-15-43(8-2,37(44)49)39(60-27(3)52)46(38,56)41(54)59-6;1-3-22-23-16-21(43-32(40)36-14-10-20(11-15-36)35-12-6-5-7-13-35)8-9-27(23)34-29-24(22)18-37-28(29)17-26-25(30(37)38)19-42-31(39)33(26,41)4-2/h9-13,15,20-21,26,28,37-39,47,55-56H,7-8,14,16-19,22-25H2,1-6H3;8-9,16-17,20,41H,3-7,10-15,18-19H2,1-2H3/t28-,37+,38-,39-,42+,43-,44-,45+,46+;33-/m10/s1. The van der Waals surface area contributed by atoms with Gasteiger partial charge in [-0.25, -0.2) is 19.4 Å². The van der Waals surface area contributed by atoms with Crippen LogP contribution in [0.2, 0.25) is 0 Å². The summed E-state index contributed by atoms with van der Waals surface area (Å²) in [4.78, 5) is 115. The van der Waals surface area contributed by atoms with Crippen molar-refractivity contribution < 1.29 is 72.5 Å². The lowest BCUT2D eigenvalue weighted by molar-refractivity contribution is -0.228. The minimum atomic E-state index is -2.53. The van der Waals surface area contributed by atoms with Crippen LogP contribution in [0.15, 0.2) is 77.6 Å². The van der Waals surface area contributed by atoms with E-state index in [-0.39, 0.29) is 37.0 Å². The molecule has 1 aliphatic carbocycles. The molecule has 1 saturated carbocycles. The molecule has 6 aromatic rings. The van der Waals surface area contributed by atoms with Crippen molar-refractivity contribution in [1.82, 2.24) is 34.1 Å². The van der Waals surface area contributed by atoms with Gasteiger partial charge < -0.3 is 68.0 Å². The molecule has 2 amide bonds. The molecule has 10 aliphatic rings. The molecule has 546 valence electrons. The van der Waals surface area contributed by atoms with Crippen LogP contribution in [0.5, 0.6) is 11.5 Å². The van der Waals surface area contributed by atoms with Crippen LogP contribution in [0.4, 0.5) is 10.5 Å². The maximum absolute atomic E-state index is 15.3. The van der Waals surface area contributed by atoms with Crippen LogP contribution in [-0.2, 0) is 85.3 Å². The van der Waals surface area contributed by atoms with Gasteiger partial charge >= 0.3 is 30.0 Å². The van der Waals surface area contributed by atoms with E-state index in [0.717, 1.165) is 51.3 Å². The number of nitrogens with zero attached hydrogens (tertiary/aromatic N) is 7. The maximum Gasteiger partial charge on any atom is 0.415 e. The smallest absolute Gasteiger partial charge is 0.415 e. The van der Waals surface area contributed by atoms with Gasteiger partial charge in [0.25, 0.3) is 5.56 Å². The number of fused-ring (bicyclic) bond motifs is 11. The number of aryl methyl sites for hydroxylation is 1. The summed E-state index contributed by atoms with van der Waals surface area (Å²) in [6.07, 6.45) is 12.1. The van der Waals surface area contributed by atoms with E-state index in [2.05, 4.69) is 32.7 Å². The number of esters is 4. The lowest BCUT2D eigenvalue weighted by Gasteiger charge is -2.63. The zero-order valence-electron chi connectivity index (χ0n) is 60.1. The van der Waals surface area contributed by atoms with Crippen LogP contribution in [0.1, 0.15) is 150 Å². The number of cyclic esters (lactones) is 1. The van der Waals surface area contributed by atoms with Crippen molar-refractivity contribution in [2.24, 2.45) is 11.3 Å². The Hall–Kier alpha value is -8.52. The highest BCUT2D eigenvalue weighted by Crippen LogP contribution is 2.68. The van der Waals surface area contributed by atoms with Crippen LogP contribution in [-0.4, -0.2) is 201 Å². The van der Waals surface area contributed by atoms with Crippen LogP contribution < -0.4 is 19.9 Å². The van der Waals surface area contributed by atoms with Gasteiger partial charge in [0.2, 0.25) is 12.0 Å². The molecule has 24 nitrogen and oxygen atoms in total. The number of anilines is 1. The number of hydrogen-bond donors (Lipinski definition) is 4. The van der Waals surface area contributed by atoms with Crippen molar-refractivity contribution in [3.8, 4) is 22.9 Å². The lowest BCUT2D eigenvalue weighted by Crippen LogP contribution is -2.81. The van der Waals surface area contributed by atoms with Crippen molar-refractivity contribution in [3.05, 3.63) is 128 Å². The summed E-state index contributed by atoms with van der Waals surface area (Å²) < 4.78 is 36.4. The van der Waals surface area contributed by atoms with Gasteiger partial charge in [0.1, 0.15) is 23.5 Å². The molecule has 12 heterocycles. The molecule has 1 spiro atoms. The number of para-hydroxylation sites is 1. The Kier molecular flexibility index (Phi) is 17.9. The molecule has 5 fully saturated rings. The second kappa shape index (κ2) is 26.3. The number of H-pyrrole nitrogens is 1. The van der Waals surface area contributed by atoms with E-state index < -0.39 is 75.1 Å². The molecule has 4 N–H and O–H groups in total. The maximum atomic E-state index is 15.3. The Morgan fingerprint density at radius 3 is 2.25 bits per heavy atom. The topological polar surface area (TPSA) is 285 Å². The summed E-state index contributed by atoms with van der Waals surface area (Å²) in [6, 6.07) is 17.7. The van der Waals surface area contributed by atoms with Crippen molar-refractivity contribution in [3.63, 3.8) is 0 Å². The first-order valence-electron chi connectivity index (χ1n) is 36.9. The Morgan fingerprint density at radius 2 is 1.55 bits per heavy atom. The predicted molar refractivity (Wildman–Crippen MR) is 381 cm³/mol. The van der Waals surface area contributed by atoms with Crippen LogP contribution in [0, 0.1) is 11.3 Å². The Bertz CT molecular complexity index is 4560. The van der Waals surface area contributed by atoms with Gasteiger partial charge in [-0.05, 0) is 156 Å². The van der Waals surface area contributed by atoms with E-state index in [9.17, 15) is 44.1 Å². The summed E-state index contributed by atoms with van der Waals surface area (Å²) >= 11 is 0. The average molecular weight is 1410 g/mol. The summed E-state index contributed by atoms with van der Waals surface area (Å²) in [7, 11) is 4.09. The first-order chi connectivity index (χ1) is 49.6. The third kappa shape index (κ3) is 10.5. The highest BCUT2D eigenvalue weighted by molar-refractivity contribution is 5.97. The van der Waals surface area contributed by atoms with Crippen LogP contribution in [0.3, 0.4) is 0 Å². The predicted octanol–water partition coefficient (Wildman–Crippen LogP) is 7.61. The fourth-order valence-electron chi connectivity index (χ4n) is 20.8. The van der Waals surface area contributed by atoms with Gasteiger partial charge in [-0.15, -0.1) is 0 Å². The number of carbonyl (C=O) groups is 6. The number of aromatic amines is 1. The second-order valence-corrected chi connectivity index (χ2v) is 30.3. The van der Waals surface area contributed by atoms with E-state index in [1.54, 1.807) is 29.7 Å². The van der Waals surface area contributed by atoms with Crippen molar-refractivity contribution >= 4 is 63.9 Å². The summed E-state index contributed by atoms with van der Waals surface area (Å²) in [6.45, 7) is 15.8. The number of methoxy groups -OCH3 is 3. The molecule has 11 atom stereocenters. The molecule has 3 aromatic carbocycles. The first kappa shape index (κ1) is 70.2. The van der Waals surface area contributed by atoms with Crippen molar-refractivity contribution in [2.75, 3.05) is 85.1 Å². The number of benzene rings is 3. The number of amides is 2. The number of pyridine rings is 2. The molecule has 0 unspecified atom stereocenters. The SMILES string of the molecule is CC[C@]1(O)C[C@H]2C[N@](CCc3c([nH]c4ccccc34)[C@@](C(=O)OC)(c3cc4c(cc3OC)N(C=O)[C@H]3[C@@](O)(C(=O)OC)[C@H](OC(C)=O)[C@]5(CC)C=CCN6CC[C@]43[C@@H]65)C2)C1.CCc1c2c(nc3ccc(OC(=O)N4CCC(N5CCCCC5)CC4)cc13)-c1cc3c(c(=O)n1C2)COC(=O)[C@]3(O)CC. The fraction of sp³-hybridized carbons (Fsp3) is 0.544. The molecule has 3 aromatic heterocycles. The third-order valence-corrected chi connectivity index (χ3v) is 25.5. The van der Waals surface area contributed by atoms with E-state index in [4.69, 9.17) is 33.4 Å². The monoisotopic (exact) mass is 1410 g/mol. The van der Waals surface area contributed by atoms with Gasteiger partial charge in [0.15, 0.2) is 11.7 Å². The Balaban J connectivity index is 0.000000175. The summed E-state index contributed by atoms with van der Waals surface area (Å²) in [5, 5.41) is 38.3. The van der Waals surface area contributed by atoms with Gasteiger partial charge in [-0.2, -0.15) is 0 Å². The van der Waals surface area contributed by atoms with Crippen molar-refractivity contribution in [2.45, 2.75) is 183 Å². The van der Waals surface area contributed by atoms with Crippen molar-refractivity contribution in [1.29, 1.82) is 0 Å². The largest absolute Gasteiger partial charge is 0.496 e.